The third-order valence-electron chi connectivity index (χ3n) is 1.88. The molecule has 0 radical (unpaired) electrons. The Morgan fingerprint density at radius 1 is 1.20 bits per heavy atom. The molecule has 1 rings (SSSR count). The fourth-order valence-corrected chi connectivity index (χ4v) is 1.73. The minimum Gasteiger partial charge on any atom is -0.319 e. The molecule has 1 aromatic rings. The predicted octanol–water partition coefficient (Wildman–Crippen LogP) is 4.27. The molecule has 0 fully saturated rings. The van der Waals surface area contributed by atoms with Gasteiger partial charge in [0.25, 0.3) is 0 Å². The first-order valence-corrected chi connectivity index (χ1v) is 5.74. The first-order valence-electron chi connectivity index (χ1n) is 4.61. The van der Waals surface area contributed by atoms with Crippen LogP contribution in [0.3, 0.4) is 0 Å². The molecule has 15 heavy (non-hydrogen) atoms. The van der Waals surface area contributed by atoms with Crippen molar-refractivity contribution in [2.45, 2.75) is 6.42 Å². The average Bonchev–Trinajstić information content (AvgIpc) is 2.21. The Balaban J connectivity index is 2.74. The number of rotatable bonds is 4. The van der Waals surface area contributed by atoms with Gasteiger partial charge in [0.15, 0.2) is 0 Å². The van der Waals surface area contributed by atoms with E-state index in [1.165, 1.54) is 0 Å². The van der Waals surface area contributed by atoms with Crippen molar-refractivity contribution in [1.82, 2.24) is 5.32 Å². The third-order valence-corrected chi connectivity index (χ3v) is 3.07. The molecule has 4 heteroatoms. The van der Waals surface area contributed by atoms with Crippen LogP contribution in [0.15, 0.2) is 18.2 Å². The van der Waals surface area contributed by atoms with Gasteiger partial charge in [0.1, 0.15) is 0 Å². The maximum absolute atomic E-state index is 5.90. The van der Waals surface area contributed by atoms with Crippen molar-refractivity contribution in [3.63, 3.8) is 0 Å². The van der Waals surface area contributed by atoms with Crippen LogP contribution in [0.4, 0.5) is 0 Å². The monoisotopic (exact) mass is 263 g/mol. The van der Waals surface area contributed by atoms with Gasteiger partial charge < -0.3 is 5.32 Å². The Morgan fingerprint density at radius 3 is 2.33 bits per heavy atom. The lowest BCUT2D eigenvalue weighted by atomic mass is 10.2. The Morgan fingerprint density at radius 2 is 1.80 bits per heavy atom. The maximum atomic E-state index is 5.90. The van der Waals surface area contributed by atoms with Gasteiger partial charge in [-0.2, -0.15) is 0 Å². The molecule has 0 amide bonds. The van der Waals surface area contributed by atoms with Crippen LogP contribution in [0.1, 0.15) is 12.0 Å². The summed E-state index contributed by atoms with van der Waals surface area (Å²) >= 11 is 17.6. The number of halogens is 3. The number of benzene rings is 1. The van der Waals surface area contributed by atoms with Crippen LogP contribution in [0, 0.1) is 0 Å². The van der Waals surface area contributed by atoms with Crippen LogP contribution in [0.2, 0.25) is 15.1 Å². The van der Waals surface area contributed by atoms with Crippen LogP contribution in [-0.4, -0.2) is 13.6 Å². The highest BCUT2D eigenvalue weighted by molar-refractivity contribution is 6.48. The fraction of sp³-hybridized carbons (Fsp3) is 0.273. The van der Waals surface area contributed by atoms with Gasteiger partial charge in [0, 0.05) is 0 Å². The van der Waals surface area contributed by atoms with Crippen molar-refractivity contribution >= 4 is 40.9 Å². The Hall–Kier alpha value is -0.210. The molecule has 1 nitrogen and oxygen atoms in total. The minimum absolute atomic E-state index is 0.408. The predicted molar refractivity (Wildman–Crippen MR) is 69.0 cm³/mol. The van der Waals surface area contributed by atoms with E-state index in [4.69, 9.17) is 34.8 Å². The standard InChI is InChI=1S/C11H12Cl3N/c1-15-5-3-2-4-8-6-9(12)11(14)10(13)7-8/h2,4,6-7,15H,3,5H2,1H3. The molecule has 0 unspecified atom stereocenters. The number of nitrogens with one attached hydrogen (secondary N) is 1. The highest BCUT2D eigenvalue weighted by atomic mass is 35.5. The Kier molecular flexibility index (Phi) is 5.48. The van der Waals surface area contributed by atoms with Gasteiger partial charge in [-0.05, 0) is 37.7 Å². The lowest BCUT2D eigenvalue weighted by Crippen LogP contribution is -2.05. The molecule has 0 spiro atoms. The summed E-state index contributed by atoms with van der Waals surface area (Å²) in [7, 11) is 1.92. The van der Waals surface area contributed by atoms with E-state index in [2.05, 4.69) is 11.4 Å². The number of hydrogen-bond acceptors (Lipinski definition) is 1. The zero-order chi connectivity index (χ0) is 11.3. The molecule has 0 aliphatic carbocycles. The van der Waals surface area contributed by atoms with Crippen molar-refractivity contribution < 1.29 is 0 Å². The van der Waals surface area contributed by atoms with E-state index in [0.29, 0.717) is 15.1 Å². The Bertz CT molecular complexity index is 338. The summed E-state index contributed by atoms with van der Waals surface area (Å²) in [6.45, 7) is 0.950. The maximum Gasteiger partial charge on any atom is 0.0778 e. The van der Waals surface area contributed by atoms with E-state index in [1.54, 1.807) is 12.1 Å². The second-order valence-electron chi connectivity index (χ2n) is 3.09. The summed E-state index contributed by atoms with van der Waals surface area (Å²) in [5, 5.41) is 4.44. The van der Waals surface area contributed by atoms with Crippen molar-refractivity contribution in [2.24, 2.45) is 0 Å². The Labute approximate surface area is 105 Å². The molecule has 0 saturated carbocycles. The van der Waals surface area contributed by atoms with Gasteiger partial charge in [-0.1, -0.05) is 47.0 Å². The fourth-order valence-electron chi connectivity index (χ4n) is 1.12. The molecular formula is C11H12Cl3N. The average molecular weight is 265 g/mol. The molecule has 0 atom stereocenters. The van der Waals surface area contributed by atoms with E-state index < -0.39 is 0 Å². The van der Waals surface area contributed by atoms with E-state index in [9.17, 15) is 0 Å². The molecule has 82 valence electrons. The van der Waals surface area contributed by atoms with E-state index in [1.807, 2.05) is 13.1 Å². The first-order chi connectivity index (χ1) is 7.15. The largest absolute Gasteiger partial charge is 0.319 e. The SMILES string of the molecule is CNCCC=Cc1cc(Cl)c(Cl)c(Cl)c1. The quantitative estimate of drug-likeness (QED) is 0.632. The second kappa shape index (κ2) is 6.39. The molecule has 1 aromatic carbocycles. The van der Waals surface area contributed by atoms with Gasteiger partial charge in [-0.3, -0.25) is 0 Å². The van der Waals surface area contributed by atoms with Crippen LogP contribution in [0.25, 0.3) is 6.08 Å². The third kappa shape index (κ3) is 4.04. The van der Waals surface area contributed by atoms with Crippen LogP contribution in [0.5, 0.6) is 0 Å². The topological polar surface area (TPSA) is 12.0 Å². The molecule has 0 bridgehead atoms. The highest BCUT2D eigenvalue weighted by Gasteiger charge is 2.03. The van der Waals surface area contributed by atoms with E-state index in [0.717, 1.165) is 18.5 Å². The van der Waals surface area contributed by atoms with Gasteiger partial charge in [-0.15, -0.1) is 0 Å². The summed E-state index contributed by atoms with van der Waals surface area (Å²) in [5.41, 5.74) is 0.963. The van der Waals surface area contributed by atoms with Gasteiger partial charge in [0.05, 0.1) is 15.1 Å². The molecule has 0 aliphatic heterocycles. The van der Waals surface area contributed by atoms with E-state index >= 15 is 0 Å². The van der Waals surface area contributed by atoms with Crippen LogP contribution < -0.4 is 5.32 Å². The molecule has 0 aliphatic rings. The first kappa shape index (κ1) is 12.9. The normalized spacial score (nSPS) is 11.2. The van der Waals surface area contributed by atoms with E-state index in [-0.39, 0.29) is 0 Å². The van der Waals surface area contributed by atoms with Gasteiger partial charge in [-0.25, -0.2) is 0 Å². The highest BCUT2D eigenvalue weighted by Crippen LogP contribution is 2.31. The smallest absolute Gasteiger partial charge is 0.0778 e. The minimum atomic E-state index is 0.408. The molecule has 0 saturated heterocycles. The van der Waals surface area contributed by atoms with Gasteiger partial charge >= 0.3 is 0 Å². The zero-order valence-electron chi connectivity index (χ0n) is 8.36. The van der Waals surface area contributed by atoms with Gasteiger partial charge in [0.2, 0.25) is 0 Å². The summed E-state index contributed by atoms with van der Waals surface area (Å²) in [6, 6.07) is 3.59. The lowest BCUT2D eigenvalue weighted by molar-refractivity contribution is 0.809. The summed E-state index contributed by atoms with van der Waals surface area (Å²) in [6.07, 6.45) is 5.01. The lowest BCUT2D eigenvalue weighted by Gasteiger charge is -2.01. The number of hydrogen-bond donors (Lipinski definition) is 1. The summed E-state index contributed by atoms with van der Waals surface area (Å²) in [5.74, 6) is 0. The van der Waals surface area contributed by atoms with Crippen molar-refractivity contribution in [3.8, 4) is 0 Å². The molecule has 0 aromatic heterocycles. The molecule has 1 N–H and O–H groups in total. The molecular weight excluding hydrogens is 252 g/mol. The van der Waals surface area contributed by atoms with Crippen LogP contribution >= 0.6 is 34.8 Å². The van der Waals surface area contributed by atoms with Crippen molar-refractivity contribution in [2.75, 3.05) is 13.6 Å². The van der Waals surface area contributed by atoms with Crippen LogP contribution in [-0.2, 0) is 0 Å². The van der Waals surface area contributed by atoms with Crippen molar-refractivity contribution in [3.05, 3.63) is 38.8 Å². The zero-order valence-corrected chi connectivity index (χ0v) is 10.6. The van der Waals surface area contributed by atoms with Crippen molar-refractivity contribution in [1.29, 1.82) is 0 Å². The summed E-state index contributed by atoms with van der Waals surface area (Å²) in [4.78, 5) is 0. The summed E-state index contributed by atoms with van der Waals surface area (Å²) < 4.78 is 0. The molecule has 0 heterocycles. The second-order valence-corrected chi connectivity index (χ2v) is 4.29.